The summed E-state index contributed by atoms with van der Waals surface area (Å²) in [5, 5.41) is 16.8. The quantitative estimate of drug-likeness (QED) is 0.0421. The van der Waals surface area contributed by atoms with Gasteiger partial charge in [-0.3, -0.25) is 24.2 Å². The molecule has 0 saturated heterocycles. The first-order valence-electron chi connectivity index (χ1n) is 41.1. The van der Waals surface area contributed by atoms with Gasteiger partial charge in [-0.05, 0) is 239 Å². The number of carbonyl (C=O) groups is 5. The fourth-order valence-corrected chi connectivity index (χ4v) is 16.2. The molecule has 4 fully saturated rings. The number of fused-ring (bicyclic) bond motifs is 4. The van der Waals surface area contributed by atoms with Gasteiger partial charge >= 0.3 is 6.09 Å². The van der Waals surface area contributed by atoms with E-state index in [0.29, 0.717) is 104 Å². The molecule has 30 heteroatoms. The van der Waals surface area contributed by atoms with Crippen molar-refractivity contribution in [3.63, 3.8) is 0 Å². The Morgan fingerprint density at radius 3 is 1.25 bits per heavy atom. The van der Waals surface area contributed by atoms with Crippen LogP contribution in [-0.2, 0) is 68.6 Å². The lowest BCUT2D eigenvalue weighted by molar-refractivity contribution is -0.121. The molecule has 0 atom stereocenters. The SMILES string of the molecule is CC(C)(C)OC(=O)NCc1ccc(-c2cccc(CC(=O)C3(c4ccc5c(c4)OCO5)CC3)n2)cc1.COc1cccc(-c2cccc(NC(=O)C3(c4ccc5c(c4)OCO5)CC3)n2)c1OC.NS(=O)(=O)c1ccc(-c2cccc(NC(=O)C3(c4ccc5c(c4)OCO5)CC3)n2)cc1.O=C(Nc1cccc(-c2ccc(F)c(Cl)c2)n1)C1(c2ccc3c(c2)OCO3)CC1.[HH]. The zero-order valence-electron chi connectivity index (χ0n) is 69.7. The van der Waals surface area contributed by atoms with E-state index in [2.05, 4.69) is 36.2 Å². The van der Waals surface area contributed by atoms with Crippen LogP contribution in [0, 0.1) is 5.82 Å². The summed E-state index contributed by atoms with van der Waals surface area (Å²) in [7, 11) is -0.573. The van der Waals surface area contributed by atoms with Gasteiger partial charge in [0, 0.05) is 42.3 Å². The molecule has 12 aromatic rings. The van der Waals surface area contributed by atoms with Crippen molar-refractivity contribution >= 4 is 68.7 Å². The van der Waals surface area contributed by atoms with E-state index in [4.69, 9.17) is 73.8 Å². The third kappa shape index (κ3) is 18.7. The average Bonchev–Trinajstić information content (AvgIpc) is 1.60. The second-order valence-corrected chi connectivity index (χ2v) is 34.6. The number of nitrogens with two attached hydrogens (primary N) is 1. The first-order chi connectivity index (χ1) is 61.3. The normalized spacial score (nSPS) is 15.6. The van der Waals surface area contributed by atoms with Gasteiger partial charge in [-0.2, -0.15) is 0 Å². The summed E-state index contributed by atoms with van der Waals surface area (Å²) in [4.78, 5) is 83.0. The Labute approximate surface area is 737 Å². The van der Waals surface area contributed by atoms with Crippen LogP contribution in [0.25, 0.3) is 45.0 Å². The van der Waals surface area contributed by atoms with Gasteiger partial charge < -0.3 is 73.4 Å². The van der Waals surface area contributed by atoms with E-state index in [1.54, 1.807) is 74.9 Å². The van der Waals surface area contributed by atoms with E-state index in [-0.39, 0.29) is 68.4 Å². The van der Waals surface area contributed by atoms with Gasteiger partial charge in [0.25, 0.3) is 0 Å². The molecule has 650 valence electrons. The summed E-state index contributed by atoms with van der Waals surface area (Å²) in [5.41, 5.74) is 8.48. The molecule has 8 aliphatic rings. The number of Topliss-reactive ketones (excluding diaryl/α,β-unsaturated/α-hetero) is 1. The van der Waals surface area contributed by atoms with Crippen molar-refractivity contribution in [1.82, 2.24) is 25.3 Å². The highest BCUT2D eigenvalue weighted by Crippen LogP contribution is 2.56. The third-order valence-electron chi connectivity index (χ3n) is 23.1. The van der Waals surface area contributed by atoms with Gasteiger partial charge in [-0.15, -0.1) is 0 Å². The lowest BCUT2D eigenvalue weighted by Crippen LogP contribution is -2.32. The predicted octanol–water partition coefficient (Wildman–Crippen LogP) is 17.5. The molecule has 127 heavy (non-hydrogen) atoms. The number of rotatable bonds is 22. The molecule has 0 unspecified atom stereocenters. The minimum atomic E-state index is -3.76. The van der Waals surface area contributed by atoms with E-state index < -0.39 is 49.2 Å². The number of halogens is 2. The lowest BCUT2D eigenvalue weighted by Gasteiger charge is -2.19. The lowest BCUT2D eigenvalue weighted by atomic mass is 9.88. The van der Waals surface area contributed by atoms with Gasteiger partial charge in [0.1, 0.15) is 34.7 Å². The number of amides is 4. The van der Waals surface area contributed by atoms with Crippen molar-refractivity contribution in [2.75, 3.05) is 57.3 Å². The summed E-state index contributed by atoms with van der Waals surface area (Å²) < 4.78 is 95.8. The summed E-state index contributed by atoms with van der Waals surface area (Å²) in [6, 6.07) is 68.5. The number of hydrogen-bond acceptors (Lipinski definition) is 22. The van der Waals surface area contributed by atoms with Crippen LogP contribution in [0.4, 0.5) is 26.6 Å². The zero-order chi connectivity index (χ0) is 88.4. The van der Waals surface area contributed by atoms with Crippen molar-refractivity contribution < 1.29 is 90.3 Å². The van der Waals surface area contributed by atoms with Crippen LogP contribution in [0.5, 0.6) is 57.5 Å². The number of carbonyl (C=O) groups excluding carboxylic acids is 5. The average molecular weight is 1760 g/mol. The first-order valence-corrected chi connectivity index (χ1v) is 43.0. The minimum Gasteiger partial charge on any atom is -0.493 e. The number of nitrogens with one attached hydrogen (secondary N) is 4. The van der Waals surface area contributed by atoms with E-state index in [1.807, 2.05) is 166 Å². The molecule has 27 nitrogen and oxygen atoms in total. The Hall–Kier alpha value is -14.2. The highest BCUT2D eigenvalue weighted by atomic mass is 35.5. The van der Waals surface area contributed by atoms with Crippen LogP contribution in [-0.4, -0.2) is 105 Å². The number of benzene rings is 8. The van der Waals surface area contributed by atoms with E-state index >= 15 is 0 Å². The largest absolute Gasteiger partial charge is 0.493 e. The Morgan fingerprint density at radius 1 is 0.449 bits per heavy atom. The molecule has 0 bridgehead atoms. The molecule has 4 aliphatic carbocycles. The van der Waals surface area contributed by atoms with E-state index in [1.165, 1.54) is 24.3 Å². The molecule has 4 aromatic heterocycles. The van der Waals surface area contributed by atoms with Gasteiger partial charge in [0.05, 0.1) is 68.6 Å². The number of methoxy groups -OCH3 is 2. The maximum Gasteiger partial charge on any atom is 0.407 e. The molecule has 4 aliphatic heterocycles. The number of nitrogens with zero attached hydrogens (tertiary/aromatic N) is 4. The maximum absolute atomic E-state index is 13.4. The molecule has 4 amide bonds. The topological polar surface area (TPSA) is 347 Å². The maximum atomic E-state index is 13.4. The summed E-state index contributed by atoms with van der Waals surface area (Å²) >= 11 is 5.87. The zero-order valence-corrected chi connectivity index (χ0v) is 71.3. The van der Waals surface area contributed by atoms with Gasteiger partial charge in [-0.1, -0.05) is 103 Å². The van der Waals surface area contributed by atoms with Gasteiger partial charge in [0.2, 0.25) is 54.9 Å². The molecule has 20 rings (SSSR count). The minimum absolute atomic E-state index is 0. The fourth-order valence-electron chi connectivity index (χ4n) is 15.6. The molecule has 0 radical (unpaired) electrons. The van der Waals surface area contributed by atoms with Crippen LogP contribution in [0.2, 0.25) is 5.02 Å². The number of pyridine rings is 4. The number of aromatic nitrogens is 4. The molecule has 4 saturated carbocycles. The number of sulfonamides is 1. The molecular weight excluding hydrogens is 1670 g/mol. The molecule has 6 N–H and O–H groups in total. The first kappa shape index (κ1) is 85.0. The number of ketones is 1. The number of alkyl carbamates (subject to hydrolysis) is 1. The van der Waals surface area contributed by atoms with Crippen molar-refractivity contribution in [3.05, 3.63) is 275 Å². The number of ether oxygens (including phenoxy) is 11. The molecule has 0 spiro atoms. The predicted molar refractivity (Wildman–Crippen MR) is 472 cm³/mol. The summed E-state index contributed by atoms with van der Waals surface area (Å²) in [6.07, 6.45) is 6.06. The number of anilines is 3. The van der Waals surface area contributed by atoms with Crippen LogP contribution < -0.4 is 73.8 Å². The Balaban J connectivity index is 0.000000125. The second-order valence-electron chi connectivity index (χ2n) is 32.6. The smallest absolute Gasteiger partial charge is 0.407 e. The van der Waals surface area contributed by atoms with Gasteiger partial charge in [-0.25, -0.2) is 37.7 Å². The Morgan fingerprint density at radius 2 is 0.835 bits per heavy atom. The van der Waals surface area contributed by atoms with Crippen LogP contribution >= 0.6 is 11.6 Å². The number of para-hydroxylation sites is 1. The van der Waals surface area contributed by atoms with Crippen LogP contribution in [0.15, 0.2) is 235 Å². The number of primary sulfonamides is 1. The standard InChI is InChI=1S/C29H30N2O5.C24H22N2O5.C22H16ClFN2O3.C22H19N3O5S.H2/c1-28(2,3)36-27(33)30-17-19-7-9-20(10-8-19)23-6-4-5-22(31-23)16-26(32)29(13-14-29)21-11-12-24-25(15-21)35-18-34-24;1-28-19-7-3-5-16(22(19)29-2)17-6-4-8-21(25-17)26-23(27)24(11-12-24)15-9-10-18-20(13-15)31-14-30-18;23-15-10-13(4-6-16(15)24)17-2-1-3-20(25-17)26-21(27)22(8-9-22)14-5-7-18-19(11-14)29-12-28-18;23-31(27,28)16-7-4-14(5-8-16)17-2-1-3-20(24-17)25-21(26)22(10-11-22)15-6-9-18-19(12-15)30-13-29-18;/h4-12,15H,13-14,16-18H2,1-3H3,(H,30,33);3-10,13H,11-12,14H2,1-2H3,(H,25,26,27);1-7,10-11H,8-9,12H2,(H,25,26,27);1-9,12H,10-11,13H2,(H2,23,27,28)(H,24,25,26);1H. The van der Waals surface area contributed by atoms with Crippen LogP contribution in [0.3, 0.4) is 0 Å². The van der Waals surface area contributed by atoms with E-state index in [9.17, 15) is 36.8 Å². The number of hydrogen-bond donors (Lipinski definition) is 5. The van der Waals surface area contributed by atoms with E-state index in [0.717, 1.165) is 107 Å². The van der Waals surface area contributed by atoms with Gasteiger partial charge in [0.15, 0.2) is 57.5 Å². The van der Waals surface area contributed by atoms with Crippen molar-refractivity contribution in [2.45, 2.75) is 117 Å². The summed E-state index contributed by atoms with van der Waals surface area (Å²) in [5.74, 6) is 7.44. The van der Waals surface area contributed by atoms with Crippen molar-refractivity contribution in [3.8, 4) is 103 Å². The molecule has 8 heterocycles. The van der Waals surface area contributed by atoms with Crippen molar-refractivity contribution in [1.29, 1.82) is 0 Å². The highest BCUT2D eigenvalue weighted by Gasteiger charge is 2.55. The Bertz CT molecular complexity index is 6410. The third-order valence-corrected chi connectivity index (χ3v) is 24.3. The van der Waals surface area contributed by atoms with Crippen molar-refractivity contribution in [2.24, 2.45) is 5.14 Å². The molecule has 8 aromatic carbocycles. The highest BCUT2D eigenvalue weighted by molar-refractivity contribution is 7.89. The Kier molecular flexibility index (Phi) is 23.5. The molecular formula is C97H89ClFN9O18S. The second kappa shape index (κ2) is 35.1. The monoisotopic (exact) mass is 1750 g/mol. The van der Waals surface area contributed by atoms with Crippen LogP contribution in [0.1, 0.15) is 107 Å². The summed E-state index contributed by atoms with van der Waals surface area (Å²) in [6.45, 7) is 6.68. The fraction of sp³-hybridized carbons (Fsp3) is 0.247.